The van der Waals surface area contributed by atoms with Crippen molar-refractivity contribution in [2.24, 2.45) is 0 Å². The molecule has 2 rings (SSSR count). The number of carboxylic acid groups (broad SMARTS) is 1. The molecule has 2 unspecified atom stereocenters. The molecule has 0 bridgehead atoms. The van der Waals surface area contributed by atoms with Gasteiger partial charge < -0.3 is 14.7 Å². The van der Waals surface area contributed by atoms with E-state index in [4.69, 9.17) is 9.84 Å². The van der Waals surface area contributed by atoms with Gasteiger partial charge in [-0.05, 0) is 12.8 Å². The molecule has 0 aliphatic carbocycles. The van der Waals surface area contributed by atoms with E-state index in [2.05, 4.69) is 0 Å². The number of sulfone groups is 1. The van der Waals surface area contributed by atoms with E-state index in [-0.39, 0.29) is 42.9 Å². The lowest BCUT2D eigenvalue weighted by Gasteiger charge is -2.35. The average Bonchev–Trinajstić information content (AvgIpc) is 2.79. The first-order chi connectivity index (χ1) is 9.37. The Bertz CT molecular complexity index is 482. The van der Waals surface area contributed by atoms with Crippen LogP contribution in [0.15, 0.2) is 0 Å². The molecule has 2 fully saturated rings. The minimum Gasteiger partial charge on any atom is -0.481 e. The SMILES string of the molecule is O=C(O)CC1CS(=O)(=O)CCN1C(=O)CC1CCCO1. The third-order valence-electron chi connectivity index (χ3n) is 3.69. The molecule has 0 aromatic rings. The Balaban J connectivity index is 2.02. The zero-order chi connectivity index (χ0) is 14.8. The molecule has 0 spiro atoms. The summed E-state index contributed by atoms with van der Waals surface area (Å²) in [5.41, 5.74) is 0. The number of hydrogen-bond acceptors (Lipinski definition) is 5. The van der Waals surface area contributed by atoms with Crippen molar-refractivity contribution in [2.75, 3.05) is 24.7 Å². The molecule has 0 radical (unpaired) electrons. The Morgan fingerprint density at radius 1 is 1.30 bits per heavy atom. The van der Waals surface area contributed by atoms with Crippen LogP contribution in [0.2, 0.25) is 0 Å². The molecule has 20 heavy (non-hydrogen) atoms. The quantitative estimate of drug-likeness (QED) is 0.762. The molecular formula is C12H19NO6S. The van der Waals surface area contributed by atoms with Crippen molar-refractivity contribution in [3.8, 4) is 0 Å². The molecule has 7 nitrogen and oxygen atoms in total. The van der Waals surface area contributed by atoms with Gasteiger partial charge in [-0.1, -0.05) is 0 Å². The van der Waals surface area contributed by atoms with Gasteiger partial charge in [0.15, 0.2) is 9.84 Å². The Morgan fingerprint density at radius 3 is 2.65 bits per heavy atom. The van der Waals surface area contributed by atoms with Crippen LogP contribution >= 0.6 is 0 Å². The van der Waals surface area contributed by atoms with Crippen LogP contribution in [0.4, 0.5) is 0 Å². The lowest BCUT2D eigenvalue weighted by atomic mass is 10.1. The molecule has 0 aromatic heterocycles. The first-order valence-corrected chi connectivity index (χ1v) is 8.53. The zero-order valence-corrected chi connectivity index (χ0v) is 12.0. The fraction of sp³-hybridized carbons (Fsp3) is 0.833. The van der Waals surface area contributed by atoms with Gasteiger partial charge in [0.25, 0.3) is 0 Å². The maximum Gasteiger partial charge on any atom is 0.305 e. The minimum atomic E-state index is -3.26. The summed E-state index contributed by atoms with van der Waals surface area (Å²) in [5.74, 6) is -1.67. The van der Waals surface area contributed by atoms with E-state index < -0.39 is 21.8 Å². The molecule has 0 aromatic carbocycles. The van der Waals surface area contributed by atoms with Gasteiger partial charge in [-0.25, -0.2) is 8.42 Å². The minimum absolute atomic E-state index is 0.0752. The van der Waals surface area contributed by atoms with Crippen molar-refractivity contribution in [3.05, 3.63) is 0 Å². The highest BCUT2D eigenvalue weighted by Crippen LogP contribution is 2.20. The molecule has 8 heteroatoms. The van der Waals surface area contributed by atoms with Gasteiger partial charge in [-0.3, -0.25) is 9.59 Å². The van der Waals surface area contributed by atoms with Crippen molar-refractivity contribution < 1.29 is 27.9 Å². The number of rotatable bonds is 4. The Labute approximate surface area is 117 Å². The third kappa shape index (κ3) is 3.92. The van der Waals surface area contributed by atoms with Crippen LogP contribution in [-0.2, 0) is 24.2 Å². The first-order valence-electron chi connectivity index (χ1n) is 6.71. The summed E-state index contributed by atoms with van der Waals surface area (Å²) in [5, 5.41) is 8.86. The van der Waals surface area contributed by atoms with Crippen LogP contribution in [0.5, 0.6) is 0 Å². The number of carbonyl (C=O) groups is 2. The number of nitrogens with zero attached hydrogens (tertiary/aromatic N) is 1. The van der Waals surface area contributed by atoms with E-state index in [1.807, 2.05) is 0 Å². The van der Waals surface area contributed by atoms with E-state index in [1.54, 1.807) is 0 Å². The lowest BCUT2D eigenvalue weighted by molar-refractivity contribution is -0.141. The molecule has 2 aliphatic rings. The maximum absolute atomic E-state index is 12.2. The summed E-state index contributed by atoms with van der Waals surface area (Å²) < 4.78 is 28.6. The van der Waals surface area contributed by atoms with E-state index in [1.165, 1.54) is 4.90 Å². The van der Waals surface area contributed by atoms with Gasteiger partial charge in [0.05, 0.1) is 36.5 Å². The Kier molecular flexibility index (Phi) is 4.64. The highest BCUT2D eigenvalue weighted by Gasteiger charge is 2.36. The lowest BCUT2D eigenvalue weighted by Crippen LogP contribution is -2.52. The maximum atomic E-state index is 12.2. The normalized spacial score (nSPS) is 29.3. The van der Waals surface area contributed by atoms with Crippen LogP contribution in [0, 0.1) is 0 Å². The van der Waals surface area contributed by atoms with Gasteiger partial charge in [-0.2, -0.15) is 0 Å². The topological polar surface area (TPSA) is 101 Å². The van der Waals surface area contributed by atoms with Crippen molar-refractivity contribution in [3.63, 3.8) is 0 Å². The largest absolute Gasteiger partial charge is 0.481 e. The van der Waals surface area contributed by atoms with Crippen molar-refractivity contribution >= 4 is 21.7 Å². The monoisotopic (exact) mass is 305 g/mol. The van der Waals surface area contributed by atoms with Crippen LogP contribution < -0.4 is 0 Å². The number of carboxylic acids is 1. The smallest absolute Gasteiger partial charge is 0.305 e. The van der Waals surface area contributed by atoms with Crippen LogP contribution in [0.3, 0.4) is 0 Å². The molecule has 114 valence electrons. The van der Waals surface area contributed by atoms with Crippen LogP contribution in [0.1, 0.15) is 25.7 Å². The molecular weight excluding hydrogens is 286 g/mol. The number of ether oxygens (including phenoxy) is 1. The summed E-state index contributed by atoms with van der Waals surface area (Å²) in [6, 6.07) is -0.764. The van der Waals surface area contributed by atoms with Crippen molar-refractivity contribution in [1.29, 1.82) is 0 Å². The van der Waals surface area contributed by atoms with Gasteiger partial charge in [0, 0.05) is 13.2 Å². The van der Waals surface area contributed by atoms with E-state index >= 15 is 0 Å². The molecule has 0 saturated carbocycles. The van der Waals surface area contributed by atoms with E-state index in [0.29, 0.717) is 6.61 Å². The van der Waals surface area contributed by atoms with E-state index in [0.717, 1.165) is 12.8 Å². The predicted octanol–water partition coefficient (Wildman–Crippen LogP) is -0.344. The van der Waals surface area contributed by atoms with Crippen LogP contribution in [0.25, 0.3) is 0 Å². The van der Waals surface area contributed by atoms with Crippen molar-refractivity contribution in [2.45, 2.75) is 37.8 Å². The third-order valence-corrected chi connectivity index (χ3v) is 5.38. The second-order valence-corrected chi connectivity index (χ2v) is 7.52. The highest BCUT2D eigenvalue weighted by molar-refractivity contribution is 7.91. The van der Waals surface area contributed by atoms with Gasteiger partial charge in [0.1, 0.15) is 0 Å². The second-order valence-electron chi connectivity index (χ2n) is 5.29. The Hall–Kier alpha value is -1.15. The number of hydrogen-bond donors (Lipinski definition) is 1. The molecule has 2 heterocycles. The summed E-state index contributed by atoms with van der Waals surface area (Å²) >= 11 is 0. The number of amides is 1. The fourth-order valence-electron chi connectivity index (χ4n) is 2.70. The predicted molar refractivity (Wildman–Crippen MR) is 70.0 cm³/mol. The first kappa shape index (κ1) is 15.2. The number of aliphatic carboxylic acids is 1. The number of carbonyl (C=O) groups excluding carboxylic acids is 1. The molecule has 2 atom stereocenters. The van der Waals surface area contributed by atoms with Gasteiger partial charge in [-0.15, -0.1) is 0 Å². The molecule has 2 saturated heterocycles. The standard InChI is InChI=1S/C12H19NO6S/c14-11(7-10-2-1-4-19-10)13-3-5-20(17,18)8-9(13)6-12(15)16/h9-10H,1-8H2,(H,15,16). The summed E-state index contributed by atoms with van der Waals surface area (Å²) in [7, 11) is -3.26. The van der Waals surface area contributed by atoms with Crippen LogP contribution in [-0.4, -0.2) is 67.1 Å². The van der Waals surface area contributed by atoms with Crippen molar-refractivity contribution in [1.82, 2.24) is 4.90 Å². The molecule has 2 aliphatic heterocycles. The summed E-state index contributed by atoms with van der Waals surface area (Å²) in [6.07, 6.45) is 1.49. The molecule has 1 N–H and O–H groups in total. The molecule has 1 amide bonds. The summed E-state index contributed by atoms with van der Waals surface area (Å²) in [6.45, 7) is 0.719. The zero-order valence-electron chi connectivity index (χ0n) is 11.2. The van der Waals surface area contributed by atoms with Gasteiger partial charge in [0.2, 0.25) is 5.91 Å². The van der Waals surface area contributed by atoms with Gasteiger partial charge >= 0.3 is 5.97 Å². The van der Waals surface area contributed by atoms with E-state index in [9.17, 15) is 18.0 Å². The summed E-state index contributed by atoms with van der Waals surface area (Å²) in [4.78, 5) is 24.4. The fourth-order valence-corrected chi connectivity index (χ4v) is 4.23. The highest BCUT2D eigenvalue weighted by atomic mass is 32.2. The second kappa shape index (κ2) is 6.09. The Morgan fingerprint density at radius 2 is 2.05 bits per heavy atom. The average molecular weight is 305 g/mol.